The molecule has 0 radical (unpaired) electrons. The van der Waals surface area contributed by atoms with E-state index < -0.39 is 0 Å². The third kappa shape index (κ3) is 2.24. The minimum absolute atomic E-state index is 0.383. The van der Waals surface area contributed by atoms with Crippen molar-refractivity contribution in [3.05, 3.63) is 11.4 Å². The van der Waals surface area contributed by atoms with Crippen LogP contribution in [0.15, 0.2) is 0 Å². The summed E-state index contributed by atoms with van der Waals surface area (Å²) in [7, 11) is 0. The monoisotopic (exact) mass is 218 g/mol. The fraction of sp³-hybridized carbons (Fsp3) is 0.750. The fourth-order valence-corrected chi connectivity index (χ4v) is 1.89. The van der Waals surface area contributed by atoms with Gasteiger partial charge in [0.25, 0.3) is 0 Å². The molecular weight excluding hydrogens is 200 g/mol. The van der Waals surface area contributed by atoms with Gasteiger partial charge in [-0.25, -0.2) is 4.68 Å². The lowest BCUT2D eigenvalue weighted by atomic mass is 10.1. The third-order valence-electron chi connectivity index (χ3n) is 3.31. The lowest BCUT2D eigenvalue weighted by molar-refractivity contribution is 0.444. The first-order chi connectivity index (χ1) is 7.76. The van der Waals surface area contributed by atoms with Crippen LogP contribution in [0.4, 0.5) is 0 Å². The molecule has 0 spiro atoms. The molecule has 86 valence electrons. The second-order valence-electron chi connectivity index (χ2n) is 4.67. The van der Waals surface area contributed by atoms with Gasteiger partial charge in [-0.3, -0.25) is 0 Å². The Labute approximate surface area is 96.3 Å². The van der Waals surface area contributed by atoms with Gasteiger partial charge in [-0.15, -0.1) is 5.10 Å². The van der Waals surface area contributed by atoms with Crippen LogP contribution in [0.1, 0.15) is 50.5 Å². The SMILES string of the molecule is CCC(C)n1nnc(CC#N)c1CC1CC1. The molecule has 0 amide bonds. The molecule has 0 aromatic carbocycles. The lowest BCUT2D eigenvalue weighted by Crippen LogP contribution is -2.11. The van der Waals surface area contributed by atoms with Crippen LogP contribution in [0.2, 0.25) is 0 Å². The summed E-state index contributed by atoms with van der Waals surface area (Å²) in [4.78, 5) is 0. The Kier molecular flexibility index (Phi) is 3.23. The van der Waals surface area contributed by atoms with Crippen molar-refractivity contribution in [3.63, 3.8) is 0 Å². The van der Waals surface area contributed by atoms with Crippen LogP contribution in [0.25, 0.3) is 0 Å². The largest absolute Gasteiger partial charge is 0.246 e. The zero-order valence-corrected chi connectivity index (χ0v) is 9.98. The normalized spacial score (nSPS) is 17.1. The van der Waals surface area contributed by atoms with E-state index in [9.17, 15) is 0 Å². The van der Waals surface area contributed by atoms with Crippen LogP contribution in [0.3, 0.4) is 0 Å². The maximum absolute atomic E-state index is 8.77. The van der Waals surface area contributed by atoms with Gasteiger partial charge in [0.2, 0.25) is 0 Å². The Morgan fingerprint density at radius 3 is 2.88 bits per heavy atom. The third-order valence-corrected chi connectivity index (χ3v) is 3.31. The molecule has 16 heavy (non-hydrogen) atoms. The second kappa shape index (κ2) is 4.65. The summed E-state index contributed by atoms with van der Waals surface area (Å²) in [5.74, 6) is 0.804. The first kappa shape index (κ1) is 11.1. The van der Waals surface area contributed by atoms with Crippen molar-refractivity contribution in [2.45, 2.75) is 52.0 Å². The van der Waals surface area contributed by atoms with E-state index in [0.29, 0.717) is 12.5 Å². The zero-order chi connectivity index (χ0) is 11.5. The van der Waals surface area contributed by atoms with E-state index in [1.807, 2.05) is 4.68 Å². The summed E-state index contributed by atoms with van der Waals surface area (Å²) in [5.41, 5.74) is 2.08. The van der Waals surface area contributed by atoms with Crippen molar-refractivity contribution in [3.8, 4) is 6.07 Å². The van der Waals surface area contributed by atoms with E-state index in [-0.39, 0.29) is 0 Å². The second-order valence-corrected chi connectivity index (χ2v) is 4.67. The van der Waals surface area contributed by atoms with E-state index in [0.717, 1.165) is 24.5 Å². The summed E-state index contributed by atoms with van der Waals surface area (Å²) in [6.07, 6.45) is 5.12. The molecule has 1 aromatic heterocycles. The van der Waals surface area contributed by atoms with E-state index in [4.69, 9.17) is 5.26 Å². The average Bonchev–Trinajstić information content (AvgIpc) is 3.02. The molecule has 0 saturated heterocycles. The standard InChI is InChI=1S/C12H18N4/c1-3-9(2)16-12(8-10-4-5-10)11(6-7-13)14-15-16/h9-10H,3-6,8H2,1-2H3. The Hall–Kier alpha value is -1.37. The number of rotatable bonds is 5. The van der Waals surface area contributed by atoms with Crippen LogP contribution < -0.4 is 0 Å². The van der Waals surface area contributed by atoms with E-state index in [1.165, 1.54) is 18.5 Å². The lowest BCUT2D eigenvalue weighted by Gasteiger charge is -2.12. The topological polar surface area (TPSA) is 54.5 Å². The molecule has 2 rings (SSSR count). The smallest absolute Gasteiger partial charge is 0.0999 e. The summed E-state index contributed by atoms with van der Waals surface area (Å²) in [5, 5.41) is 17.1. The van der Waals surface area contributed by atoms with Crippen LogP contribution in [-0.2, 0) is 12.8 Å². The van der Waals surface area contributed by atoms with Crippen LogP contribution in [0.5, 0.6) is 0 Å². The number of nitrogens with zero attached hydrogens (tertiary/aromatic N) is 4. The molecule has 1 unspecified atom stereocenters. The van der Waals surface area contributed by atoms with Gasteiger partial charge in [-0.05, 0) is 38.5 Å². The highest BCUT2D eigenvalue weighted by Gasteiger charge is 2.26. The maximum atomic E-state index is 8.77. The Morgan fingerprint density at radius 2 is 2.31 bits per heavy atom. The first-order valence-electron chi connectivity index (χ1n) is 6.06. The predicted molar refractivity (Wildman–Crippen MR) is 60.8 cm³/mol. The predicted octanol–water partition coefficient (Wildman–Crippen LogP) is 2.27. The Balaban J connectivity index is 2.25. The van der Waals surface area contributed by atoms with Gasteiger partial charge in [-0.2, -0.15) is 5.26 Å². The molecule has 1 aromatic rings. The molecule has 1 atom stereocenters. The highest BCUT2D eigenvalue weighted by molar-refractivity contribution is 5.16. The number of hydrogen-bond donors (Lipinski definition) is 0. The number of nitriles is 1. The molecule has 1 aliphatic carbocycles. The van der Waals surface area contributed by atoms with Crippen molar-refractivity contribution >= 4 is 0 Å². The van der Waals surface area contributed by atoms with Gasteiger partial charge in [0, 0.05) is 0 Å². The average molecular weight is 218 g/mol. The summed E-state index contributed by atoms with van der Waals surface area (Å²) in [6, 6.07) is 2.56. The van der Waals surface area contributed by atoms with E-state index >= 15 is 0 Å². The minimum atomic E-state index is 0.383. The van der Waals surface area contributed by atoms with E-state index in [2.05, 4.69) is 30.2 Å². The van der Waals surface area contributed by atoms with Crippen molar-refractivity contribution in [1.82, 2.24) is 15.0 Å². The van der Waals surface area contributed by atoms with Gasteiger partial charge in [0.15, 0.2) is 0 Å². The van der Waals surface area contributed by atoms with Gasteiger partial charge in [0.05, 0.1) is 29.9 Å². The Bertz CT molecular complexity index is 398. The van der Waals surface area contributed by atoms with Crippen molar-refractivity contribution in [1.29, 1.82) is 5.26 Å². The van der Waals surface area contributed by atoms with E-state index in [1.54, 1.807) is 0 Å². The zero-order valence-electron chi connectivity index (χ0n) is 9.98. The van der Waals surface area contributed by atoms with Crippen molar-refractivity contribution in [2.24, 2.45) is 5.92 Å². The van der Waals surface area contributed by atoms with Crippen LogP contribution >= 0.6 is 0 Å². The molecule has 4 heteroatoms. The molecular formula is C12H18N4. The molecule has 0 aliphatic heterocycles. The first-order valence-corrected chi connectivity index (χ1v) is 6.06. The summed E-state index contributed by atoms with van der Waals surface area (Å²) < 4.78 is 2.02. The van der Waals surface area contributed by atoms with Crippen molar-refractivity contribution in [2.75, 3.05) is 0 Å². The van der Waals surface area contributed by atoms with Gasteiger partial charge >= 0.3 is 0 Å². The van der Waals surface area contributed by atoms with Crippen LogP contribution in [-0.4, -0.2) is 15.0 Å². The summed E-state index contributed by atoms with van der Waals surface area (Å²) in [6.45, 7) is 4.30. The fourth-order valence-electron chi connectivity index (χ4n) is 1.89. The molecule has 1 heterocycles. The van der Waals surface area contributed by atoms with Gasteiger partial charge in [0.1, 0.15) is 0 Å². The molecule has 0 bridgehead atoms. The quantitative estimate of drug-likeness (QED) is 0.761. The maximum Gasteiger partial charge on any atom is 0.0999 e. The Morgan fingerprint density at radius 1 is 1.56 bits per heavy atom. The molecule has 1 aliphatic rings. The van der Waals surface area contributed by atoms with Gasteiger partial charge in [-0.1, -0.05) is 12.1 Å². The molecule has 1 fully saturated rings. The molecule has 4 nitrogen and oxygen atoms in total. The molecule has 1 saturated carbocycles. The molecule has 0 N–H and O–H groups in total. The number of hydrogen-bond acceptors (Lipinski definition) is 3. The minimum Gasteiger partial charge on any atom is -0.246 e. The number of aromatic nitrogens is 3. The highest BCUT2D eigenvalue weighted by Crippen LogP contribution is 2.33. The van der Waals surface area contributed by atoms with Crippen LogP contribution in [0, 0.1) is 17.2 Å². The van der Waals surface area contributed by atoms with Gasteiger partial charge < -0.3 is 0 Å². The highest BCUT2D eigenvalue weighted by atomic mass is 15.4. The summed E-state index contributed by atoms with van der Waals surface area (Å²) >= 11 is 0. The van der Waals surface area contributed by atoms with Crippen molar-refractivity contribution < 1.29 is 0 Å².